The van der Waals surface area contributed by atoms with Crippen molar-refractivity contribution >= 4 is 45.1 Å². The summed E-state index contributed by atoms with van der Waals surface area (Å²) in [6, 6.07) is 14.1. The van der Waals surface area contributed by atoms with Crippen molar-refractivity contribution in [2.45, 2.75) is 52.0 Å². The zero-order chi connectivity index (χ0) is 30.2. The lowest BCUT2D eigenvalue weighted by molar-refractivity contribution is 0.0684. The SMILES string of the molecule is CCc1c2c(nn1C)N(C)CCCCCn1c(C(=O)O)c(CCCOc3cccc4cc(F)ccc34)c3ccc(Cl)c-2c31. The van der Waals surface area contributed by atoms with E-state index in [1.54, 1.807) is 6.07 Å². The zero-order valence-corrected chi connectivity index (χ0v) is 25.5. The van der Waals surface area contributed by atoms with Gasteiger partial charge in [0.1, 0.15) is 17.3 Å². The number of carbonyl (C=O) groups is 1. The topological polar surface area (TPSA) is 72.5 Å². The van der Waals surface area contributed by atoms with E-state index in [1.807, 2.05) is 46.6 Å². The molecule has 0 fully saturated rings. The minimum atomic E-state index is -0.945. The van der Waals surface area contributed by atoms with E-state index in [9.17, 15) is 14.3 Å². The van der Waals surface area contributed by atoms with Gasteiger partial charge in [-0.25, -0.2) is 9.18 Å². The summed E-state index contributed by atoms with van der Waals surface area (Å²) < 4.78 is 23.8. The number of nitrogens with zero attached hydrogens (tertiary/aromatic N) is 4. The molecule has 1 N–H and O–H groups in total. The number of carboxylic acid groups (broad SMARTS) is 1. The Hall–Kier alpha value is -4.04. The van der Waals surface area contributed by atoms with E-state index in [0.29, 0.717) is 42.5 Å². The summed E-state index contributed by atoms with van der Waals surface area (Å²) in [7, 11) is 4.02. The third kappa shape index (κ3) is 5.22. The molecule has 6 rings (SSSR count). The minimum Gasteiger partial charge on any atom is -0.493 e. The van der Waals surface area contributed by atoms with Gasteiger partial charge < -0.3 is 19.3 Å². The molecule has 1 aliphatic rings. The van der Waals surface area contributed by atoms with Crippen molar-refractivity contribution in [3.8, 4) is 16.9 Å². The molecule has 3 aromatic carbocycles. The number of rotatable bonds is 7. The highest BCUT2D eigenvalue weighted by atomic mass is 35.5. The lowest BCUT2D eigenvalue weighted by atomic mass is 9.98. The van der Waals surface area contributed by atoms with Crippen molar-refractivity contribution in [3.63, 3.8) is 0 Å². The Morgan fingerprint density at radius 3 is 2.63 bits per heavy atom. The van der Waals surface area contributed by atoms with Crippen molar-refractivity contribution in [2.75, 3.05) is 25.1 Å². The molecule has 3 heterocycles. The average molecular weight is 603 g/mol. The zero-order valence-electron chi connectivity index (χ0n) is 24.8. The van der Waals surface area contributed by atoms with Crippen molar-refractivity contribution in [3.05, 3.63) is 76.3 Å². The molecule has 1 aliphatic heterocycles. The largest absolute Gasteiger partial charge is 0.493 e. The van der Waals surface area contributed by atoms with E-state index in [-0.39, 0.29) is 5.82 Å². The molecule has 0 atom stereocenters. The number of fused-ring (bicyclic) bond motifs is 3. The summed E-state index contributed by atoms with van der Waals surface area (Å²) in [4.78, 5) is 15.1. The van der Waals surface area contributed by atoms with Crippen molar-refractivity contribution < 1.29 is 19.0 Å². The number of ether oxygens (including phenoxy) is 1. The smallest absolute Gasteiger partial charge is 0.352 e. The first-order chi connectivity index (χ1) is 20.8. The highest BCUT2D eigenvalue weighted by molar-refractivity contribution is 6.35. The van der Waals surface area contributed by atoms with Gasteiger partial charge in [0.25, 0.3) is 0 Å². The summed E-state index contributed by atoms with van der Waals surface area (Å²) in [6.45, 7) is 3.95. The molecular formula is C34H36ClFN4O3. The maximum Gasteiger partial charge on any atom is 0.352 e. The van der Waals surface area contributed by atoms with E-state index in [1.165, 1.54) is 12.1 Å². The number of hydrogen-bond donors (Lipinski definition) is 1. The van der Waals surface area contributed by atoms with Gasteiger partial charge in [-0.05, 0) is 79.8 Å². The normalized spacial score (nSPS) is 13.7. The van der Waals surface area contributed by atoms with Gasteiger partial charge in [0.05, 0.1) is 22.7 Å². The molecule has 2 aromatic heterocycles. The molecule has 0 saturated heterocycles. The minimum absolute atomic E-state index is 0.288. The van der Waals surface area contributed by atoms with E-state index in [4.69, 9.17) is 21.4 Å². The first-order valence-electron chi connectivity index (χ1n) is 15.0. The van der Waals surface area contributed by atoms with Crippen LogP contribution >= 0.6 is 11.6 Å². The molecule has 5 aromatic rings. The van der Waals surface area contributed by atoms with Crippen LogP contribution in [0.4, 0.5) is 10.2 Å². The Bertz CT molecular complexity index is 1840. The van der Waals surface area contributed by atoms with Crippen LogP contribution in [0, 0.1) is 5.82 Å². The van der Waals surface area contributed by atoms with Crippen LogP contribution in [0.25, 0.3) is 32.8 Å². The molecule has 0 saturated carbocycles. The Labute approximate surface area is 255 Å². The fraction of sp³-hybridized carbons (Fsp3) is 0.353. The quantitative estimate of drug-likeness (QED) is 0.192. The molecular weight excluding hydrogens is 567 g/mol. The summed E-state index contributed by atoms with van der Waals surface area (Å²) in [6.07, 6.45) is 4.70. The molecule has 43 heavy (non-hydrogen) atoms. The van der Waals surface area contributed by atoms with E-state index >= 15 is 0 Å². The van der Waals surface area contributed by atoms with Gasteiger partial charge in [-0.1, -0.05) is 36.7 Å². The highest BCUT2D eigenvalue weighted by Crippen LogP contribution is 2.45. The molecule has 0 bridgehead atoms. The van der Waals surface area contributed by atoms with Crippen LogP contribution in [0.15, 0.2) is 48.5 Å². The summed E-state index contributed by atoms with van der Waals surface area (Å²) >= 11 is 7.02. The van der Waals surface area contributed by atoms with Gasteiger partial charge in [0, 0.05) is 49.2 Å². The monoisotopic (exact) mass is 602 g/mol. The third-order valence-electron chi connectivity index (χ3n) is 8.58. The lowest BCUT2D eigenvalue weighted by Crippen LogP contribution is -2.19. The van der Waals surface area contributed by atoms with E-state index in [0.717, 1.165) is 82.1 Å². The number of carboxylic acids is 1. The van der Waals surface area contributed by atoms with Crippen LogP contribution in [0.3, 0.4) is 0 Å². The second-order valence-corrected chi connectivity index (χ2v) is 11.7. The number of benzene rings is 3. The standard InChI is InChI=1S/C34H36ClFN4O3/c1-4-27-30-29-26(35)16-15-25-24(11-9-19-43-28-12-8-10-21-20-22(36)13-14-23(21)28)32(34(41)42)40(31(25)29)18-7-5-6-17-38(2)33(30)37-39(27)3/h8,10,12-16,20H,4-7,9,11,17-19H2,1-3H3,(H,41,42). The van der Waals surface area contributed by atoms with Gasteiger partial charge in [-0.2, -0.15) is 5.10 Å². The molecule has 224 valence electrons. The molecule has 0 unspecified atom stereocenters. The Morgan fingerprint density at radius 1 is 1.05 bits per heavy atom. The predicted octanol–water partition coefficient (Wildman–Crippen LogP) is 7.88. The average Bonchev–Trinajstić information content (AvgIpc) is 3.47. The molecule has 0 amide bonds. The van der Waals surface area contributed by atoms with Gasteiger partial charge in [-0.3, -0.25) is 4.68 Å². The van der Waals surface area contributed by atoms with Gasteiger partial charge in [-0.15, -0.1) is 0 Å². The number of halogens is 2. The van der Waals surface area contributed by atoms with Crippen LogP contribution in [0.1, 0.15) is 54.4 Å². The third-order valence-corrected chi connectivity index (χ3v) is 8.90. The Morgan fingerprint density at radius 2 is 1.84 bits per heavy atom. The highest BCUT2D eigenvalue weighted by Gasteiger charge is 2.30. The fourth-order valence-electron chi connectivity index (χ4n) is 6.61. The molecule has 7 nitrogen and oxygen atoms in total. The van der Waals surface area contributed by atoms with Crippen LogP contribution < -0.4 is 9.64 Å². The van der Waals surface area contributed by atoms with E-state index in [2.05, 4.69) is 18.9 Å². The van der Waals surface area contributed by atoms with Crippen molar-refractivity contribution in [1.82, 2.24) is 14.3 Å². The number of aromatic nitrogens is 3. The Balaban J connectivity index is 1.44. The lowest BCUT2D eigenvalue weighted by Gasteiger charge is -2.19. The maximum atomic E-state index is 13.7. The first kappa shape index (κ1) is 29.1. The van der Waals surface area contributed by atoms with Gasteiger partial charge in [0.2, 0.25) is 0 Å². The number of aromatic carboxylic acids is 1. The summed E-state index contributed by atoms with van der Waals surface area (Å²) in [5, 5.41) is 18.6. The summed E-state index contributed by atoms with van der Waals surface area (Å²) in [5.41, 5.74) is 4.85. The first-order valence-corrected chi connectivity index (χ1v) is 15.3. The Kier molecular flexibility index (Phi) is 8.05. The maximum absolute atomic E-state index is 13.7. The van der Waals surface area contributed by atoms with Crippen LogP contribution in [0.5, 0.6) is 5.75 Å². The van der Waals surface area contributed by atoms with Gasteiger partial charge in [0.15, 0.2) is 5.82 Å². The van der Waals surface area contributed by atoms with Crippen LogP contribution in [-0.2, 0) is 26.4 Å². The van der Waals surface area contributed by atoms with Crippen molar-refractivity contribution in [1.29, 1.82) is 0 Å². The predicted molar refractivity (Wildman–Crippen MR) is 170 cm³/mol. The molecule has 0 aliphatic carbocycles. The molecule has 0 spiro atoms. The number of aryl methyl sites for hydroxylation is 3. The fourth-order valence-corrected chi connectivity index (χ4v) is 6.85. The number of hydrogen-bond acceptors (Lipinski definition) is 4. The van der Waals surface area contributed by atoms with Crippen molar-refractivity contribution in [2.24, 2.45) is 7.05 Å². The van der Waals surface area contributed by atoms with Gasteiger partial charge >= 0.3 is 5.97 Å². The van der Waals surface area contributed by atoms with Crippen LogP contribution in [0.2, 0.25) is 5.02 Å². The number of anilines is 1. The molecule has 9 heteroatoms. The summed E-state index contributed by atoms with van der Waals surface area (Å²) in [5.74, 6) is 0.315. The van der Waals surface area contributed by atoms with Crippen LogP contribution in [-0.4, -0.2) is 45.6 Å². The molecule has 0 radical (unpaired) electrons. The second-order valence-electron chi connectivity index (χ2n) is 11.3. The second kappa shape index (κ2) is 11.9. The van der Waals surface area contributed by atoms with E-state index < -0.39 is 5.97 Å².